The van der Waals surface area contributed by atoms with Crippen LogP contribution in [0.3, 0.4) is 0 Å². The summed E-state index contributed by atoms with van der Waals surface area (Å²) in [6, 6.07) is 12.0. The molecule has 1 aliphatic rings. The Hall–Kier alpha value is -1.49. The van der Waals surface area contributed by atoms with Gasteiger partial charge < -0.3 is 0 Å². The van der Waals surface area contributed by atoms with E-state index >= 15 is 0 Å². The number of fused-ring (bicyclic) bond motifs is 1. The predicted octanol–water partition coefficient (Wildman–Crippen LogP) is 5.32. The van der Waals surface area contributed by atoms with E-state index in [2.05, 4.69) is 0 Å². The molecule has 21 heavy (non-hydrogen) atoms. The minimum atomic E-state index is -3.52. The highest BCUT2D eigenvalue weighted by molar-refractivity contribution is 7.98. The second-order valence-electron chi connectivity index (χ2n) is 5.01. The van der Waals surface area contributed by atoms with E-state index in [0.717, 1.165) is 11.6 Å². The van der Waals surface area contributed by atoms with Crippen molar-refractivity contribution in [1.82, 2.24) is 0 Å². The Bertz CT molecular complexity index is 655. The second kappa shape index (κ2) is 5.37. The van der Waals surface area contributed by atoms with Gasteiger partial charge in [0.1, 0.15) is 5.82 Å². The number of halogens is 4. The van der Waals surface area contributed by atoms with Gasteiger partial charge in [-0.15, -0.1) is 11.8 Å². The summed E-state index contributed by atoms with van der Waals surface area (Å²) in [6.07, 6.45) is -3.29. The SMILES string of the molecule is Fc1ccc(SCc2ccccc2)c2c1[C@@H](F)C(F)(F)C2. The summed E-state index contributed by atoms with van der Waals surface area (Å²) in [5.41, 5.74) is 0.661. The van der Waals surface area contributed by atoms with Crippen molar-refractivity contribution in [3.8, 4) is 0 Å². The van der Waals surface area contributed by atoms with Crippen molar-refractivity contribution in [3.05, 3.63) is 65.0 Å². The van der Waals surface area contributed by atoms with Crippen molar-refractivity contribution < 1.29 is 17.6 Å². The van der Waals surface area contributed by atoms with Gasteiger partial charge in [-0.25, -0.2) is 17.6 Å². The van der Waals surface area contributed by atoms with Crippen LogP contribution in [0.1, 0.15) is 22.9 Å². The Labute approximate surface area is 124 Å². The van der Waals surface area contributed by atoms with E-state index in [1.807, 2.05) is 30.3 Å². The summed E-state index contributed by atoms with van der Waals surface area (Å²) in [6.45, 7) is 0. The van der Waals surface area contributed by atoms with E-state index in [9.17, 15) is 17.6 Å². The Balaban J connectivity index is 1.89. The molecule has 0 saturated carbocycles. The average Bonchev–Trinajstić information content (AvgIpc) is 2.71. The van der Waals surface area contributed by atoms with Crippen molar-refractivity contribution in [2.75, 3.05) is 0 Å². The van der Waals surface area contributed by atoms with Crippen molar-refractivity contribution >= 4 is 11.8 Å². The lowest BCUT2D eigenvalue weighted by Gasteiger charge is -2.10. The van der Waals surface area contributed by atoms with Crippen LogP contribution in [-0.4, -0.2) is 5.92 Å². The maximum atomic E-state index is 13.7. The van der Waals surface area contributed by atoms with E-state index in [1.165, 1.54) is 17.8 Å². The first-order valence-electron chi connectivity index (χ1n) is 6.49. The summed E-state index contributed by atoms with van der Waals surface area (Å²) >= 11 is 1.32. The molecule has 0 saturated heterocycles. The highest BCUT2D eigenvalue weighted by atomic mass is 32.2. The molecule has 0 bridgehead atoms. The molecule has 0 fully saturated rings. The molecule has 0 radical (unpaired) electrons. The second-order valence-corrected chi connectivity index (χ2v) is 6.03. The highest BCUT2D eigenvalue weighted by Gasteiger charge is 2.50. The van der Waals surface area contributed by atoms with Crippen molar-refractivity contribution in [1.29, 1.82) is 0 Å². The topological polar surface area (TPSA) is 0 Å². The van der Waals surface area contributed by atoms with Gasteiger partial charge in [0.25, 0.3) is 5.92 Å². The molecule has 1 atom stereocenters. The average molecular weight is 312 g/mol. The first-order valence-corrected chi connectivity index (χ1v) is 7.47. The zero-order valence-electron chi connectivity index (χ0n) is 11.0. The molecule has 5 heteroatoms. The maximum Gasteiger partial charge on any atom is 0.286 e. The number of alkyl halides is 3. The Morgan fingerprint density at radius 1 is 1.10 bits per heavy atom. The molecule has 0 aliphatic heterocycles. The first kappa shape index (κ1) is 14.4. The van der Waals surface area contributed by atoms with Gasteiger partial charge in [0, 0.05) is 22.6 Å². The van der Waals surface area contributed by atoms with Gasteiger partial charge >= 0.3 is 0 Å². The third-order valence-electron chi connectivity index (χ3n) is 3.53. The molecular weight excluding hydrogens is 300 g/mol. The quantitative estimate of drug-likeness (QED) is 0.546. The fraction of sp³-hybridized carbons (Fsp3) is 0.250. The third-order valence-corrected chi connectivity index (χ3v) is 4.71. The van der Waals surface area contributed by atoms with E-state index in [1.54, 1.807) is 0 Å². The Morgan fingerprint density at radius 2 is 1.81 bits per heavy atom. The zero-order chi connectivity index (χ0) is 15.0. The van der Waals surface area contributed by atoms with Crippen LogP contribution in [0, 0.1) is 5.82 Å². The first-order chi connectivity index (χ1) is 9.99. The Kier molecular flexibility index (Phi) is 3.69. The van der Waals surface area contributed by atoms with E-state index in [4.69, 9.17) is 0 Å². The number of rotatable bonds is 3. The smallest absolute Gasteiger partial charge is 0.235 e. The maximum absolute atomic E-state index is 13.7. The molecule has 0 amide bonds. The van der Waals surface area contributed by atoms with Gasteiger partial charge in [-0.3, -0.25) is 0 Å². The normalized spacial score (nSPS) is 19.5. The van der Waals surface area contributed by atoms with E-state index in [0.29, 0.717) is 10.6 Å². The van der Waals surface area contributed by atoms with Crippen molar-refractivity contribution in [2.24, 2.45) is 0 Å². The summed E-state index contributed by atoms with van der Waals surface area (Å²) in [5.74, 6) is -3.84. The number of thioether (sulfide) groups is 1. The van der Waals surface area contributed by atoms with Gasteiger partial charge in [-0.05, 0) is 23.3 Å². The lowest BCUT2D eigenvalue weighted by Crippen LogP contribution is -2.18. The lowest BCUT2D eigenvalue weighted by molar-refractivity contribution is -0.0611. The molecule has 0 aromatic heterocycles. The molecule has 0 heterocycles. The van der Waals surface area contributed by atoms with Crippen LogP contribution < -0.4 is 0 Å². The van der Waals surface area contributed by atoms with Crippen LogP contribution in [0.2, 0.25) is 0 Å². The molecular formula is C16H12F4S. The molecule has 0 unspecified atom stereocenters. The van der Waals surface area contributed by atoms with Crippen LogP contribution in [0.25, 0.3) is 0 Å². The van der Waals surface area contributed by atoms with Gasteiger partial charge in [0.05, 0.1) is 0 Å². The van der Waals surface area contributed by atoms with Crippen LogP contribution in [0.15, 0.2) is 47.4 Å². The number of hydrogen-bond donors (Lipinski definition) is 0. The summed E-state index contributed by atoms with van der Waals surface area (Å²) in [4.78, 5) is 0.523. The van der Waals surface area contributed by atoms with E-state index in [-0.39, 0.29) is 5.56 Å². The molecule has 2 aromatic rings. The minimum Gasteiger partial charge on any atom is -0.235 e. The summed E-state index contributed by atoms with van der Waals surface area (Å²) < 4.78 is 54.3. The molecule has 1 aliphatic carbocycles. The number of hydrogen-bond acceptors (Lipinski definition) is 1. The molecule has 2 aromatic carbocycles. The van der Waals surface area contributed by atoms with Crippen molar-refractivity contribution in [2.45, 2.75) is 29.2 Å². The highest BCUT2D eigenvalue weighted by Crippen LogP contribution is 2.49. The zero-order valence-corrected chi connectivity index (χ0v) is 11.8. The van der Waals surface area contributed by atoms with Gasteiger partial charge in [-0.1, -0.05) is 30.3 Å². The van der Waals surface area contributed by atoms with Crippen LogP contribution >= 0.6 is 11.8 Å². The monoisotopic (exact) mass is 312 g/mol. The summed E-state index contributed by atoms with van der Waals surface area (Å²) in [5, 5.41) is 0. The minimum absolute atomic E-state index is 0.105. The Morgan fingerprint density at radius 3 is 2.52 bits per heavy atom. The number of benzene rings is 2. The van der Waals surface area contributed by atoms with Crippen LogP contribution in [0.4, 0.5) is 17.6 Å². The fourth-order valence-corrected chi connectivity index (χ4v) is 3.51. The third kappa shape index (κ3) is 2.67. The van der Waals surface area contributed by atoms with E-state index < -0.39 is 29.9 Å². The van der Waals surface area contributed by atoms with Crippen molar-refractivity contribution in [3.63, 3.8) is 0 Å². The summed E-state index contributed by atoms with van der Waals surface area (Å²) in [7, 11) is 0. The molecule has 0 spiro atoms. The predicted molar refractivity (Wildman–Crippen MR) is 74.9 cm³/mol. The van der Waals surface area contributed by atoms with Crippen LogP contribution in [-0.2, 0) is 12.2 Å². The van der Waals surface area contributed by atoms with Gasteiger partial charge in [0.2, 0.25) is 0 Å². The van der Waals surface area contributed by atoms with Gasteiger partial charge in [0.15, 0.2) is 6.17 Å². The molecule has 110 valence electrons. The molecule has 0 nitrogen and oxygen atoms in total. The molecule has 3 rings (SSSR count). The van der Waals surface area contributed by atoms with Crippen LogP contribution in [0.5, 0.6) is 0 Å². The molecule has 0 N–H and O–H groups in total. The van der Waals surface area contributed by atoms with Gasteiger partial charge in [-0.2, -0.15) is 0 Å². The fourth-order valence-electron chi connectivity index (χ4n) is 2.48. The standard InChI is InChI=1S/C16H12F4S/c17-12-6-7-13(21-9-10-4-2-1-3-5-10)11-8-16(19,20)15(18)14(11)12/h1-7,15H,8-9H2/t15-/m1/s1. The lowest BCUT2D eigenvalue weighted by atomic mass is 10.1. The largest absolute Gasteiger partial charge is 0.286 e.